The summed E-state index contributed by atoms with van der Waals surface area (Å²) in [5, 5.41) is 26.2. The molecule has 0 bridgehead atoms. The molecular weight excluding hydrogens is 301 g/mol. The van der Waals surface area contributed by atoms with Gasteiger partial charge < -0.3 is 15.6 Å². The molecule has 9 heteroatoms. The Hall–Kier alpha value is -2.81. The lowest BCUT2D eigenvalue weighted by atomic mass is 10.1. The number of nitrogens with zero attached hydrogens (tertiary/aromatic N) is 5. The van der Waals surface area contributed by atoms with Crippen molar-refractivity contribution in [3.63, 3.8) is 0 Å². The van der Waals surface area contributed by atoms with Gasteiger partial charge in [-0.15, -0.1) is 20.4 Å². The summed E-state index contributed by atoms with van der Waals surface area (Å²) in [6.45, 7) is 0.130. The Morgan fingerprint density at radius 2 is 2.00 bits per heavy atom. The molecule has 1 aromatic carbocycles. The quantitative estimate of drug-likeness (QED) is 0.406. The highest BCUT2D eigenvalue weighted by molar-refractivity contribution is 6.30. The third-order valence-electron chi connectivity index (χ3n) is 2.73. The number of hydrazone groups is 1. The number of hydrogen-bond acceptors (Lipinski definition) is 8. The number of halogens is 1. The molecule has 8 nitrogen and oxygen atoms in total. The second-order valence-corrected chi connectivity index (χ2v) is 4.40. The number of alkyl halides is 1. The molecule has 23 heavy (non-hydrogen) atoms. The van der Waals surface area contributed by atoms with Crippen LogP contribution in [0.3, 0.4) is 0 Å². The summed E-state index contributed by atoms with van der Waals surface area (Å²) in [6, 6.07) is 7.47. The lowest BCUT2D eigenvalue weighted by Gasteiger charge is -2.05. The zero-order chi connectivity index (χ0) is 16.3. The van der Waals surface area contributed by atoms with Crippen molar-refractivity contribution in [3.05, 3.63) is 36.2 Å². The van der Waals surface area contributed by atoms with Gasteiger partial charge in [-0.3, -0.25) is 0 Å². The standard InChI is InChI=1S/C14H16FN7O/c15-5-6-17-20-13(7-16)9-23-8-11-1-3-12(4-2-11)14-21-18-10-19-22-14/h1-4,7,10,16-17H,5-6,8-9H2/b16-7?,20-13+. The first-order chi connectivity index (χ1) is 11.3. The van der Waals surface area contributed by atoms with E-state index >= 15 is 0 Å². The van der Waals surface area contributed by atoms with Gasteiger partial charge in [0.05, 0.1) is 19.8 Å². The largest absolute Gasteiger partial charge is 0.370 e. The zero-order valence-electron chi connectivity index (χ0n) is 12.3. The van der Waals surface area contributed by atoms with Crippen LogP contribution in [0, 0.1) is 5.41 Å². The molecule has 0 aliphatic heterocycles. The Morgan fingerprint density at radius 3 is 2.65 bits per heavy atom. The summed E-state index contributed by atoms with van der Waals surface area (Å²) in [7, 11) is 0. The molecule has 0 saturated heterocycles. The van der Waals surface area contributed by atoms with Crippen molar-refractivity contribution in [2.45, 2.75) is 6.61 Å². The second kappa shape index (κ2) is 9.26. The summed E-state index contributed by atoms with van der Waals surface area (Å²) in [5.41, 5.74) is 4.67. The van der Waals surface area contributed by atoms with Crippen LogP contribution < -0.4 is 5.43 Å². The van der Waals surface area contributed by atoms with Crippen LogP contribution in [0.15, 0.2) is 35.7 Å². The molecule has 0 aliphatic carbocycles. The van der Waals surface area contributed by atoms with Crippen molar-refractivity contribution in [2.24, 2.45) is 5.10 Å². The molecule has 0 saturated carbocycles. The molecule has 2 rings (SSSR count). The maximum Gasteiger partial charge on any atom is 0.203 e. The minimum atomic E-state index is -0.516. The molecule has 0 atom stereocenters. The first-order valence-corrected chi connectivity index (χ1v) is 6.86. The van der Waals surface area contributed by atoms with Gasteiger partial charge in [-0.1, -0.05) is 24.3 Å². The van der Waals surface area contributed by atoms with Gasteiger partial charge in [0, 0.05) is 11.8 Å². The van der Waals surface area contributed by atoms with E-state index < -0.39 is 6.67 Å². The van der Waals surface area contributed by atoms with E-state index in [0.717, 1.165) is 17.3 Å². The number of hydrogen-bond donors (Lipinski definition) is 2. The molecule has 0 radical (unpaired) electrons. The molecular formula is C14H16FN7O. The van der Waals surface area contributed by atoms with E-state index in [1.807, 2.05) is 24.3 Å². The van der Waals surface area contributed by atoms with Crippen LogP contribution in [0.2, 0.25) is 0 Å². The first-order valence-electron chi connectivity index (χ1n) is 6.86. The molecule has 0 spiro atoms. The van der Waals surface area contributed by atoms with Crippen molar-refractivity contribution in [1.29, 1.82) is 5.41 Å². The molecule has 2 aromatic rings. The number of ether oxygens (including phenoxy) is 1. The molecule has 0 unspecified atom stereocenters. The Balaban J connectivity index is 1.84. The van der Waals surface area contributed by atoms with E-state index in [1.165, 1.54) is 6.33 Å². The minimum absolute atomic E-state index is 0.115. The lowest BCUT2D eigenvalue weighted by Crippen LogP contribution is -2.17. The van der Waals surface area contributed by atoms with E-state index in [2.05, 4.69) is 30.9 Å². The van der Waals surface area contributed by atoms with Crippen molar-refractivity contribution in [2.75, 3.05) is 19.8 Å². The van der Waals surface area contributed by atoms with Crippen LogP contribution in [-0.2, 0) is 11.3 Å². The van der Waals surface area contributed by atoms with Crippen molar-refractivity contribution < 1.29 is 9.13 Å². The average Bonchev–Trinajstić information content (AvgIpc) is 2.62. The second-order valence-electron chi connectivity index (χ2n) is 4.40. The molecule has 2 N–H and O–H groups in total. The monoisotopic (exact) mass is 317 g/mol. The summed E-state index contributed by atoms with van der Waals surface area (Å²) >= 11 is 0. The molecule has 0 amide bonds. The van der Waals surface area contributed by atoms with Gasteiger partial charge in [-0.05, 0) is 5.56 Å². The fraction of sp³-hybridized carbons (Fsp3) is 0.286. The van der Waals surface area contributed by atoms with Crippen LogP contribution in [0.25, 0.3) is 11.4 Å². The maximum absolute atomic E-state index is 11.9. The van der Waals surface area contributed by atoms with Gasteiger partial charge >= 0.3 is 0 Å². The topological polar surface area (TPSA) is 109 Å². The highest BCUT2D eigenvalue weighted by atomic mass is 19.1. The predicted octanol–water partition coefficient (Wildman–Crippen LogP) is 1.01. The zero-order valence-corrected chi connectivity index (χ0v) is 12.3. The Labute approximate surface area is 132 Å². The van der Waals surface area contributed by atoms with Gasteiger partial charge in [0.2, 0.25) is 5.82 Å². The number of benzene rings is 1. The predicted molar refractivity (Wildman–Crippen MR) is 82.9 cm³/mol. The molecule has 120 valence electrons. The Morgan fingerprint density at radius 1 is 1.26 bits per heavy atom. The van der Waals surface area contributed by atoms with Gasteiger partial charge in [0.15, 0.2) is 6.33 Å². The van der Waals surface area contributed by atoms with Crippen molar-refractivity contribution in [3.8, 4) is 11.4 Å². The van der Waals surface area contributed by atoms with Crippen LogP contribution >= 0.6 is 0 Å². The minimum Gasteiger partial charge on any atom is -0.370 e. The SMILES string of the molecule is N=C/C(COCc1ccc(-c2nncnn2)cc1)=N\NCCF. The number of aromatic nitrogens is 4. The highest BCUT2D eigenvalue weighted by Crippen LogP contribution is 2.14. The summed E-state index contributed by atoms with van der Waals surface area (Å²) < 4.78 is 17.4. The Kier molecular flexibility index (Phi) is 6.66. The summed E-state index contributed by atoms with van der Waals surface area (Å²) in [5.74, 6) is 0.456. The molecule has 1 heterocycles. The average molecular weight is 317 g/mol. The van der Waals surface area contributed by atoms with Crippen molar-refractivity contribution in [1.82, 2.24) is 25.8 Å². The molecule has 1 aromatic heterocycles. The molecule has 0 fully saturated rings. The van der Waals surface area contributed by atoms with Crippen LogP contribution in [0.5, 0.6) is 0 Å². The lowest BCUT2D eigenvalue weighted by molar-refractivity contribution is 0.159. The van der Waals surface area contributed by atoms with Gasteiger partial charge in [-0.2, -0.15) is 5.10 Å². The van der Waals surface area contributed by atoms with E-state index in [4.69, 9.17) is 10.1 Å². The first kappa shape index (κ1) is 16.6. The number of nitrogens with one attached hydrogen (secondary N) is 2. The van der Waals surface area contributed by atoms with Crippen molar-refractivity contribution >= 4 is 11.9 Å². The summed E-state index contributed by atoms with van der Waals surface area (Å²) in [6.07, 6.45) is 2.34. The smallest absolute Gasteiger partial charge is 0.203 e. The van der Waals surface area contributed by atoms with Crippen LogP contribution in [-0.4, -0.2) is 52.1 Å². The van der Waals surface area contributed by atoms with Crippen LogP contribution in [0.1, 0.15) is 5.56 Å². The Bertz CT molecular complexity index is 633. The third-order valence-corrected chi connectivity index (χ3v) is 2.73. The van der Waals surface area contributed by atoms with E-state index in [-0.39, 0.29) is 13.2 Å². The van der Waals surface area contributed by atoms with E-state index in [9.17, 15) is 4.39 Å². The fourth-order valence-corrected chi connectivity index (χ4v) is 1.65. The van der Waals surface area contributed by atoms with Gasteiger partial charge in [0.25, 0.3) is 0 Å². The van der Waals surface area contributed by atoms with Gasteiger partial charge in [0.1, 0.15) is 12.4 Å². The van der Waals surface area contributed by atoms with E-state index in [1.54, 1.807) is 0 Å². The third kappa shape index (κ3) is 5.47. The van der Waals surface area contributed by atoms with E-state index in [0.29, 0.717) is 18.1 Å². The van der Waals surface area contributed by atoms with Gasteiger partial charge in [-0.25, -0.2) is 4.39 Å². The highest BCUT2D eigenvalue weighted by Gasteiger charge is 2.02. The normalized spacial score (nSPS) is 11.3. The van der Waals surface area contributed by atoms with Crippen LogP contribution in [0.4, 0.5) is 4.39 Å². The molecule has 0 aliphatic rings. The number of rotatable bonds is 9. The fourth-order valence-electron chi connectivity index (χ4n) is 1.65. The maximum atomic E-state index is 11.9. The summed E-state index contributed by atoms with van der Waals surface area (Å²) in [4.78, 5) is 0.